The van der Waals surface area contributed by atoms with Gasteiger partial charge in [-0.25, -0.2) is 9.97 Å². The summed E-state index contributed by atoms with van der Waals surface area (Å²) in [5.74, 6) is 0.715. The molecule has 2 aromatic heterocycles. The largest absolute Gasteiger partial charge is 0.347 e. The number of aromatic nitrogens is 3. The smallest absolute Gasteiger partial charge is 0.225 e. The third kappa shape index (κ3) is 2.41. The third-order valence-corrected chi connectivity index (χ3v) is 2.51. The van der Waals surface area contributed by atoms with E-state index >= 15 is 0 Å². The van der Waals surface area contributed by atoms with Crippen LogP contribution < -0.4 is 4.90 Å². The minimum atomic E-state index is 0.715. The number of pyridine rings is 1. The van der Waals surface area contributed by atoms with Crippen LogP contribution in [0.15, 0.2) is 24.7 Å². The van der Waals surface area contributed by atoms with Crippen molar-refractivity contribution in [2.45, 2.75) is 13.8 Å². The van der Waals surface area contributed by atoms with Crippen LogP contribution >= 0.6 is 0 Å². The second-order valence-corrected chi connectivity index (χ2v) is 4.35. The van der Waals surface area contributed by atoms with Gasteiger partial charge < -0.3 is 4.90 Å². The van der Waals surface area contributed by atoms with Gasteiger partial charge in [-0.05, 0) is 31.0 Å². The van der Waals surface area contributed by atoms with Gasteiger partial charge in [-0.2, -0.15) is 0 Å². The Hall–Kier alpha value is -1.97. The standard InChI is InChI=1S/C13H16N4/c1-9-5-11(8-14-6-9)12-10(2)7-15-13(16-12)17(3)4/h5-8H,1-4H3. The molecule has 0 N–H and O–H groups in total. The van der Waals surface area contributed by atoms with Gasteiger partial charge >= 0.3 is 0 Å². The van der Waals surface area contributed by atoms with Crippen molar-refractivity contribution in [3.05, 3.63) is 35.8 Å². The van der Waals surface area contributed by atoms with Gasteiger partial charge in [-0.1, -0.05) is 0 Å². The van der Waals surface area contributed by atoms with Gasteiger partial charge in [0.15, 0.2) is 0 Å². The predicted octanol–water partition coefficient (Wildman–Crippen LogP) is 2.22. The fraction of sp³-hybridized carbons (Fsp3) is 0.308. The van der Waals surface area contributed by atoms with E-state index in [4.69, 9.17) is 0 Å². The second-order valence-electron chi connectivity index (χ2n) is 4.35. The number of hydrogen-bond acceptors (Lipinski definition) is 4. The summed E-state index contributed by atoms with van der Waals surface area (Å²) >= 11 is 0. The molecule has 2 aromatic rings. The van der Waals surface area contributed by atoms with Gasteiger partial charge in [0.05, 0.1) is 5.69 Å². The maximum absolute atomic E-state index is 4.56. The third-order valence-electron chi connectivity index (χ3n) is 2.51. The summed E-state index contributed by atoms with van der Waals surface area (Å²) in [6, 6.07) is 2.09. The van der Waals surface area contributed by atoms with Crippen LogP contribution in [0.2, 0.25) is 0 Å². The Morgan fingerprint density at radius 2 is 1.82 bits per heavy atom. The molecule has 4 heteroatoms. The molecule has 0 atom stereocenters. The summed E-state index contributed by atoms with van der Waals surface area (Å²) in [4.78, 5) is 14.9. The fourth-order valence-corrected chi connectivity index (χ4v) is 1.62. The lowest BCUT2D eigenvalue weighted by Crippen LogP contribution is -2.13. The van der Waals surface area contributed by atoms with Crippen LogP contribution in [0.1, 0.15) is 11.1 Å². The van der Waals surface area contributed by atoms with E-state index in [9.17, 15) is 0 Å². The van der Waals surface area contributed by atoms with E-state index in [0.717, 1.165) is 22.4 Å². The average Bonchev–Trinajstić information content (AvgIpc) is 2.29. The predicted molar refractivity (Wildman–Crippen MR) is 69.1 cm³/mol. The average molecular weight is 228 g/mol. The van der Waals surface area contributed by atoms with Crippen LogP contribution in [0, 0.1) is 13.8 Å². The molecule has 2 rings (SSSR count). The van der Waals surface area contributed by atoms with Crippen molar-refractivity contribution in [3.63, 3.8) is 0 Å². The summed E-state index contributed by atoms with van der Waals surface area (Å²) in [5, 5.41) is 0. The summed E-state index contributed by atoms with van der Waals surface area (Å²) in [6.45, 7) is 4.04. The van der Waals surface area contributed by atoms with E-state index in [-0.39, 0.29) is 0 Å². The van der Waals surface area contributed by atoms with Crippen LogP contribution in [0.3, 0.4) is 0 Å². The number of anilines is 1. The van der Waals surface area contributed by atoms with Gasteiger partial charge in [0.2, 0.25) is 5.95 Å². The highest BCUT2D eigenvalue weighted by molar-refractivity contribution is 5.63. The van der Waals surface area contributed by atoms with Crippen LogP contribution in [0.5, 0.6) is 0 Å². The molecule has 0 saturated carbocycles. The highest BCUT2D eigenvalue weighted by Crippen LogP contribution is 2.22. The van der Waals surface area contributed by atoms with E-state index in [1.807, 2.05) is 51.4 Å². The lowest BCUT2D eigenvalue weighted by atomic mass is 10.1. The fourth-order valence-electron chi connectivity index (χ4n) is 1.62. The molecular weight excluding hydrogens is 212 g/mol. The molecule has 0 aliphatic rings. The van der Waals surface area contributed by atoms with Crippen molar-refractivity contribution in [2.24, 2.45) is 0 Å². The zero-order valence-corrected chi connectivity index (χ0v) is 10.6. The molecule has 2 heterocycles. The molecule has 88 valence electrons. The quantitative estimate of drug-likeness (QED) is 0.790. The number of aryl methyl sites for hydroxylation is 2. The van der Waals surface area contributed by atoms with Crippen LogP contribution in [0.4, 0.5) is 5.95 Å². The Balaban J connectivity index is 2.54. The highest BCUT2D eigenvalue weighted by Gasteiger charge is 2.08. The van der Waals surface area contributed by atoms with E-state index in [0.29, 0.717) is 5.95 Å². The molecule has 0 spiro atoms. The molecule has 4 nitrogen and oxygen atoms in total. The summed E-state index contributed by atoms with van der Waals surface area (Å²) in [6.07, 6.45) is 5.52. The molecule has 0 aliphatic heterocycles. The Labute approximate surface area is 101 Å². The van der Waals surface area contributed by atoms with Crippen molar-refractivity contribution in [1.82, 2.24) is 15.0 Å². The monoisotopic (exact) mass is 228 g/mol. The molecule has 17 heavy (non-hydrogen) atoms. The van der Waals surface area contributed by atoms with Crippen molar-refractivity contribution in [1.29, 1.82) is 0 Å². The summed E-state index contributed by atoms with van der Waals surface area (Å²) in [7, 11) is 3.87. The maximum atomic E-state index is 4.56. The molecule has 0 saturated heterocycles. The lowest BCUT2D eigenvalue weighted by molar-refractivity contribution is 0.991. The number of nitrogens with zero attached hydrogens (tertiary/aromatic N) is 4. The topological polar surface area (TPSA) is 41.9 Å². The molecule has 0 amide bonds. The first kappa shape index (κ1) is 11.5. The molecule has 0 aromatic carbocycles. The first-order valence-corrected chi connectivity index (χ1v) is 5.51. The molecule has 0 bridgehead atoms. The number of hydrogen-bond donors (Lipinski definition) is 0. The molecule has 0 aliphatic carbocycles. The van der Waals surface area contributed by atoms with E-state index in [1.165, 1.54) is 0 Å². The summed E-state index contributed by atoms with van der Waals surface area (Å²) < 4.78 is 0. The van der Waals surface area contributed by atoms with Crippen molar-refractivity contribution >= 4 is 5.95 Å². The highest BCUT2D eigenvalue weighted by atomic mass is 15.2. The van der Waals surface area contributed by atoms with Crippen molar-refractivity contribution < 1.29 is 0 Å². The van der Waals surface area contributed by atoms with Crippen LogP contribution in [0.25, 0.3) is 11.3 Å². The van der Waals surface area contributed by atoms with Gasteiger partial charge in [0, 0.05) is 38.2 Å². The first-order chi connectivity index (χ1) is 8.08. The Morgan fingerprint density at radius 3 is 2.47 bits per heavy atom. The van der Waals surface area contributed by atoms with Crippen LogP contribution in [-0.2, 0) is 0 Å². The zero-order chi connectivity index (χ0) is 12.4. The minimum Gasteiger partial charge on any atom is -0.347 e. The normalized spacial score (nSPS) is 10.4. The molecule has 0 radical (unpaired) electrons. The lowest BCUT2D eigenvalue weighted by Gasteiger charge is -2.12. The number of rotatable bonds is 2. The SMILES string of the molecule is Cc1cncc(-c2nc(N(C)C)ncc2C)c1. The van der Waals surface area contributed by atoms with Gasteiger partial charge in [0.1, 0.15) is 0 Å². The van der Waals surface area contributed by atoms with E-state index in [1.54, 1.807) is 0 Å². The van der Waals surface area contributed by atoms with Crippen molar-refractivity contribution in [3.8, 4) is 11.3 Å². The molecule has 0 fully saturated rings. The van der Waals surface area contributed by atoms with Gasteiger partial charge in [-0.3, -0.25) is 4.98 Å². The van der Waals surface area contributed by atoms with Crippen LogP contribution in [-0.4, -0.2) is 29.0 Å². The Kier molecular flexibility index (Phi) is 3.04. The Morgan fingerprint density at radius 1 is 1.06 bits per heavy atom. The molecule has 0 unspecified atom stereocenters. The first-order valence-electron chi connectivity index (χ1n) is 5.51. The van der Waals surface area contributed by atoms with Gasteiger partial charge in [-0.15, -0.1) is 0 Å². The van der Waals surface area contributed by atoms with Gasteiger partial charge in [0.25, 0.3) is 0 Å². The van der Waals surface area contributed by atoms with E-state index < -0.39 is 0 Å². The Bertz CT molecular complexity index is 535. The molecular formula is C13H16N4. The second kappa shape index (κ2) is 4.49. The summed E-state index contributed by atoms with van der Waals surface area (Å²) in [5.41, 5.74) is 4.17. The maximum Gasteiger partial charge on any atom is 0.225 e. The zero-order valence-electron chi connectivity index (χ0n) is 10.6. The van der Waals surface area contributed by atoms with E-state index in [2.05, 4.69) is 21.0 Å². The van der Waals surface area contributed by atoms with Crippen molar-refractivity contribution in [2.75, 3.05) is 19.0 Å². The minimum absolute atomic E-state index is 0.715.